The summed E-state index contributed by atoms with van der Waals surface area (Å²) in [4.78, 5) is 25.8. The van der Waals surface area contributed by atoms with E-state index in [9.17, 15) is 14.9 Å². The van der Waals surface area contributed by atoms with Crippen molar-refractivity contribution < 1.29 is 14.5 Å². The van der Waals surface area contributed by atoms with Gasteiger partial charge in [-0.25, -0.2) is 4.79 Å². The third-order valence-corrected chi connectivity index (χ3v) is 3.97. The number of aliphatic imine (C=N–C) groups is 1. The number of carbonyl (C=O) groups is 1. The highest BCUT2D eigenvalue weighted by Crippen LogP contribution is 2.31. The minimum absolute atomic E-state index is 0.0511. The fourth-order valence-corrected chi connectivity index (χ4v) is 2.74. The van der Waals surface area contributed by atoms with Crippen LogP contribution in [0, 0.1) is 41.7 Å². The molecule has 1 aromatic rings. The first kappa shape index (κ1) is 17.5. The van der Waals surface area contributed by atoms with Crippen LogP contribution in [0.5, 0.6) is 0 Å². The van der Waals surface area contributed by atoms with Gasteiger partial charge in [-0.2, -0.15) is 4.99 Å². The van der Waals surface area contributed by atoms with E-state index in [1.54, 1.807) is 19.1 Å². The van der Waals surface area contributed by atoms with Gasteiger partial charge in [0, 0.05) is 23.8 Å². The van der Waals surface area contributed by atoms with Crippen molar-refractivity contribution >= 4 is 28.6 Å². The molecule has 23 heavy (non-hydrogen) atoms. The zero-order chi connectivity index (χ0) is 16.7. The highest BCUT2D eigenvalue weighted by molar-refractivity contribution is 8.13. The number of thioether (sulfide) groups is 1. The van der Waals surface area contributed by atoms with Crippen LogP contribution in [0.4, 0.5) is 10.5 Å². The van der Waals surface area contributed by atoms with E-state index in [4.69, 9.17) is 4.74 Å². The summed E-state index contributed by atoms with van der Waals surface area (Å²) in [5.74, 6) is 1.38. The summed E-state index contributed by atoms with van der Waals surface area (Å²) in [5, 5.41) is 11.2. The van der Waals surface area contributed by atoms with E-state index in [-0.39, 0.29) is 12.3 Å². The highest BCUT2D eigenvalue weighted by Gasteiger charge is 2.24. The molecular weight excluding hydrogens is 316 g/mol. The molecule has 0 aromatic heterocycles. The molecule has 0 heterocycles. The van der Waals surface area contributed by atoms with Crippen LogP contribution < -0.4 is 0 Å². The van der Waals surface area contributed by atoms with Crippen LogP contribution in [-0.4, -0.2) is 22.7 Å². The quantitative estimate of drug-likeness (QED) is 0.355. The summed E-state index contributed by atoms with van der Waals surface area (Å²) in [7, 11) is 0. The molecule has 1 amide bonds. The monoisotopic (exact) mass is 331 g/mol. The van der Waals surface area contributed by atoms with Crippen LogP contribution >= 0.6 is 11.8 Å². The standard InChI is InChI=1S/C16H15N2O4S/c1-2-22-16(19)17-15(13-5-3-4-6-13)23-11-12-7-9-14(10-8-12)18(20)21/h3-10H,2,11H2,1H3/b17-15+. The van der Waals surface area contributed by atoms with Crippen molar-refractivity contribution in [2.24, 2.45) is 4.99 Å². The molecule has 5 radical (unpaired) electrons. The molecular formula is C16H15N2O4S. The number of ether oxygens (including phenoxy) is 1. The van der Waals surface area contributed by atoms with E-state index in [0.29, 0.717) is 10.8 Å². The fourth-order valence-electron chi connectivity index (χ4n) is 1.80. The minimum Gasteiger partial charge on any atom is -0.448 e. The number of hydrogen-bond donors (Lipinski definition) is 0. The van der Waals surface area contributed by atoms with Gasteiger partial charge in [-0.15, -0.1) is 11.8 Å². The van der Waals surface area contributed by atoms with Crippen LogP contribution in [0.15, 0.2) is 29.3 Å². The highest BCUT2D eigenvalue weighted by atomic mass is 32.2. The summed E-state index contributed by atoms with van der Waals surface area (Å²) in [6.45, 7) is 1.99. The van der Waals surface area contributed by atoms with Gasteiger partial charge in [-0.1, -0.05) is 12.1 Å². The third kappa shape index (κ3) is 5.35. The topological polar surface area (TPSA) is 81.8 Å². The molecule has 1 saturated carbocycles. The molecule has 7 heteroatoms. The maximum absolute atomic E-state index is 11.6. The molecule has 0 saturated heterocycles. The molecule has 0 spiro atoms. The maximum Gasteiger partial charge on any atom is 0.434 e. The lowest BCUT2D eigenvalue weighted by Gasteiger charge is -2.11. The number of rotatable bonds is 5. The first-order valence-electron chi connectivity index (χ1n) is 6.94. The number of hydrogen-bond acceptors (Lipinski definition) is 5. The molecule has 2 rings (SSSR count). The second kappa shape index (κ2) is 8.67. The van der Waals surface area contributed by atoms with Gasteiger partial charge >= 0.3 is 6.09 Å². The van der Waals surface area contributed by atoms with Gasteiger partial charge in [0.15, 0.2) is 0 Å². The van der Waals surface area contributed by atoms with Crippen LogP contribution in [-0.2, 0) is 10.5 Å². The fraction of sp³-hybridized carbons (Fsp3) is 0.188. The lowest BCUT2D eigenvalue weighted by atomic mass is 10.1. The van der Waals surface area contributed by atoms with Gasteiger partial charge in [-0.3, -0.25) is 10.1 Å². The van der Waals surface area contributed by atoms with Gasteiger partial charge in [0.2, 0.25) is 0 Å². The molecule has 0 aliphatic heterocycles. The molecule has 1 fully saturated rings. The molecule has 6 nitrogen and oxygen atoms in total. The Morgan fingerprint density at radius 2 is 1.91 bits per heavy atom. The first-order chi connectivity index (χ1) is 11.1. The summed E-state index contributed by atoms with van der Waals surface area (Å²) >= 11 is 1.38. The number of benzene rings is 1. The van der Waals surface area contributed by atoms with E-state index in [2.05, 4.69) is 4.99 Å². The van der Waals surface area contributed by atoms with E-state index in [1.165, 1.54) is 23.9 Å². The van der Waals surface area contributed by atoms with E-state index >= 15 is 0 Å². The number of carbonyl (C=O) groups excluding carboxylic acids is 1. The average Bonchev–Trinajstić information content (AvgIpc) is 3.06. The van der Waals surface area contributed by atoms with Crippen LogP contribution in [0.1, 0.15) is 12.5 Å². The summed E-state index contributed by atoms with van der Waals surface area (Å²) in [6.07, 6.45) is 6.83. The van der Waals surface area contributed by atoms with Crippen molar-refractivity contribution in [1.29, 1.82) is 0 Å². The Kier molecular flexibility index (Phi) is 6.58. The molecule has 0 atom stereocenters. The number of nitro groups is 1. The Morgan fingerprint density at radius 1 is 1.26 bits per heavy atom. The summed E-state index contributed by atoms with van der Waals surface area (Å²) < 4.78 is 4.85. The Hall–Kier alpha value is -1.89. The van der Waals surface area contributed by atoms with Crippen LogP contribution in [0.2, 0.25) is 0 Å². The number of nitro benzene ring substituents is 1. The normalized spacial score (nSPS) is 15.6. The molecule has 1 aliphatic rings. The predicted molar refractivity (Wildman–Crippen MR) is 89.3 cm³/mol. The second-order valence-electron chi connectivity index (χ2n) is 4.50. The second-order valence-corrected chi connectivity index (χ2v) is 5.47. The van der Waals surface area contributed by atoms with Gasteiger partial charge in [0.05, 0.1) is 16.6 Å². The lowest BCUT2D eigenvalue weighted by molar-refractivity contribution is -0.384. The number of nitrogens with zero attached hydrogens (tertiary/aromatic N) is 2. The van der Waals surface area contributed by atoms with Crippen molar-refractivity contribution in [2.45, 2.75) is 12.7 Å². The zero-order valence-electron chi connectivity index (χ0n) is 12.5. The molecule has 119 valence electrons. The Labute approximate surface area is 139 Å². The summed E-state index contributed by atoms with van der Waals surface area (Å²) in [5.41, 5.74) is 0.957. The number of non-ortho nitro benzene ring substituents is 1. The average molecular weight is 331 g/mol. The predicted octanol–water partition coefficient (Wildman–Crippen LogP) is 3.79. The van der Waals surface area contributed by atoms with Crippen LogP contribution in [0.25, 0.3) is 0 Å². The third-order valence-electron chi connectivity index (χ3n) is 2.89. The zero-order valence-corrected chi connectivity index (χ0v) is 13.3. The van der Waals surface area contributed by atoms with E-state index < -0.39 is 11.0 Å². The largest absolute Gasteiger partial charge is 0.448 e. The van der Waals surface area contributed by atoms with Crippen LogP contribution in [0.3, 0.4) is 0 Å². The van der Waals surface area contributed by atoms with Crippen molar-refractivity contribution in [1.82, 2.24) is 0 Å². The smallest absolute Gasteiger partial charge is 0.434 e. The van der Waals surface area contributed by atoms with Gasteiger partial charge in [0.25, 0.3) is 5.69 Å². The van der Waals surface area contributed by atoms with E-state index in [0.717, 1.165) is 11.5 Å². The van der Waals surface area contributed by atoms with E-state index in [1.807, 2.05) is 25.7 Å². The van der Waals surface area contributed by atoms with Crippen molar-refractivity contribution in [2.75, 3.05) is 6.61 Å². The molecule has 1 aliphatic carbocycles. The molecule has 0 unspecified atom stereocenters. The lowest BCUT2D eigenvalue weighted by Crippen LogP contribution is -2.10. The summed E-state index contributed by atoms with van der Waals surface area (Å²) in [6, 6.07) is 6.30. The molecule has 1 aromatic carbocycles. The number of amides is 1. The first-order valence-corrected chi connectivity index (χ1v) is 7.92. The molecule has 0 bridgehead atoms. The molecule has 0 N–H and O–H groups in total. The van der Waals surface area contributed by atoms with Gasteiger partial charge < -0.3 is 4.74 Å². The minimum atomic E-state index is -0.625. The SMILES string of the molecule is CCOC(=O)/N=C(/SCc1ccc([N+](=O)[O-])cc1)[C]1[CH][CH][CH][CH]1. The Bertz CT molecular complexity index is 580. The maximum atomic E-state index is 11.6. The van der Waals surface area contributed by atoms with Gasteiger partial charge in [-0.05, 0) is 38.2 Å². The van der Waals surface area contributed by atoms with Crippen molar-refractivity contribution in [3.63, 3.8) is 0 Å². The van der Waals surface area contributed by atoms with Crippen molar-refractivity contribution in [3.05, 3.63) is 71.5 Å². The van der Waals surface area contributed by atoms with Gasteiger partial charge in [0.1, 0.15) is 0 Å². The Balaban J connectivity index is 2.02. The Morgan fingerprint density at radius 3 is 2.48 bits per heavy atom. The van der Waals surface area contributed by atoms with Crippen molar-refractivity contribution in [3.8, 4) is 0 Å².